The molecule has 0 aliphatic carbocycles. The number of aliphatic carboxylic acids is 1. The normalized spacial score (nSPS) is 11.9. The van der Waals surface area contributed by atoms with Gasteiger partial charge in [-0.25, -0.2) is 0 Å². The number of nitrogens with one attached hydrogen (secondary N) is 1. The van der Waals surface area contributed by atoms with E-state index in [9.17, 15) is 4.79 Å². The van der Waals surface area contributed by atoms with Gasteiger partial charge in [-0.1, -0.05) is 13.8 Å². The van der Waals surface area contributed by atoms with Crippen molar-refractivity contribution in [1.82, 2.24) is 10.2 Å². The van der Waals surface area contributed by atoms with Crippen molar-refractivity contribution in [3.8, 4) is 6.07 Å². The summed E-state index contributed by atoms with van der Waals surface area (Å²) in [5, 5.41) is 28.1. The van der Waals surface area contributed by atoms with Crippen LogP contribution in [0.1, 0.15) is 19.4 Å². The zero-order chi connectivity index (χ0) is 12.8. The molecule has 1 aromatic heterocycles. The van der Waals surface area contributed by atoms with Crippen molar-refractivity contribution < 1.29 is 9.90 Å². The maximum atomic E-state index is 11.0. The number of nitrogens with zero attached hydrogens (tertiary/aromatic N) is 3. The van der Waals surface area contributed by atoms with Crippen molar-refractivity contribution in [1.29, 1.82) is 5.26 Å². The lowest BCUT2D eigenvalue weighted by Crippen LogP contribution is -2.28. The van der Waals surface area contributed by atoms with Gasteiger partial charge in [0.05, 0.1) is 17.7 Å². The highest BCUT2D eigenvalue weighted by molar-refractivity contribution is 5.71. The molecule has 0 saturated carbocycles. The van der Waals surface area contributed by atoms with Crippen LogP contribution in [0.5, 0.6) is 0 Å². The first-order valence-electron chi connectivity index (χ1n) is 5.24. The minimum atomic E-state index is -0.866. The fraction of sp³-hybridized carbons (Fsp3) is 0.455. The van der Waals surface area contributed by atoms with Crippen LogP contribution in [0.25, 0.3) is 0 Å². The molecule has 0 radical (unpaired) electrons. The van der Waals surface area contributed by atoms with Gasteiger partial charge in [-0.05, 0) is 12.0 Å². The number of carboxylic acids is 1. The highest BCUT2D eigenvalue weighted by Gasteiger charge is 2.21. The maximum absolute atomic E-state index is 11.0. The second-order valence-electron chi connectivity index (χ2n) is 3.97. The molecule has 1 aromatic rings. The Labute approximate surface area is 99.3 Å². The molecule has 2 N–H and O–H groups in total. The van der Waals surface area contributed by atoms with Gasteiger partial charge in [0, 0.05) is 6.54 Å². The van der Waals surface area contributed by atoms with Gasteiger partial charge in [0.15, 0.2) is 5.82 Å². The van der Waals surface area contributed by atoms with E-state index in [0.29, 0.717) is 11.4 Å². The topological polar surface area (TPSA) is 98.9 Å². The van der Waals surface area contributed by atoms with Gasteiger partial charge in [-0.3, -0.25) is 4.79 Å². The van der Waals surface area contributed by atoms with E-state index in [2.05, 4.69) is 15.5 Å². The molecule has 0 bridgehead atoms. The summed E-state index contributed by atoms with van der Waals surface area (Å²) < 4.78 is 0. The lowest BCUT2D eigenvalue weighted by Gasteiger charge is -2.17. The van der Waals surface area contributed by atoms with E-state index >= 15 is 0 Å². The van der Waals surface area contributed by atoms with Crippen LogP contribution in [0.15, 0.2) is 12.3 Å². The third kappa shape index (κ3) is 3.41. The Hall–Kier alpha value is -2.16. The van der Waals surface area contributed by atoms with Gasteiger partial charge in [0.2, 0.25) is 0 Å². The molecule has 1 rings (SSSR count). The third-order valence-electron chi connectivity index (χ3n) is 2.45. The van der Waals surface area contributed by atoms with Crippen molar-refractivity contribution in [3.05, 3.63) is 17.8 Å². The number of hydrogen-bond donors (Lipinski definition) is 2. The summed E-state index contributed by atoms with van der Waals surface area (Å²) >= 11 is 0. The molecule has 17 heavy (non-hydrogen) atoms. The first kappa shape index (κ1) is 12.9. The zero-order valence-electron chi connectivity index (χ0n) is 9.71. The Balaban J connectivity index is 2.73. The molecule has 1 heterocycles. The summed E-state index contributed by atoms with van der Waals surface area (Å²) in [7, 11) is 0. The van der Waals surface area contributed by atoms with Crippen LogP contribution in [-0.2, 0) is 4.79 Å². The van der Waals surface area contributed by atoms with Crippen molar-refractivity contribution in [2.24, 2.45) is 11.8 Å². The molecule has 1 unspecified atom stereocenters. The molecule has 6 nitrogen and oxygen atoms in total. The average molecular weight is 234 g/mol. The van der Waals surface area contributed by atoms with Gasteiger partial charge in [0.25, 0.3) is 0 Å². The largest absolute Gasteiger partial charge is 0.481 e. The molecule has 0 aromatic carbocycles. The van der Waals surface area contributed by atoms with E-state index in [0.717, 1.165) is 0 Å². The second-order valence-corrected chi connectivity index (χ2v) is 3.97. The van der Waals surface area contributed by atoms with Crippen LogP contribution in [0.4, 0.5) is 5.82 Å². The van der Waals surface area contributed by atoms with Gasteiger partial charge in [-0.15, -0.1) is 5.10 Å². The molecule has 0 aliphatic rings. The molecule has 6 heteroatoms. The predicted molar refractivity (Wildman–Crippen MR) is 61.2 cm³/mol. The van der Waals surface area contributed by atoms with Gasteiger partial charge < -0.3 is 10.4 Å². The van der Waals surface area contributed by atoms with Gasteiger partial charge in [-0.2, -0.15) is 10.4 Å². The third-order valence-corrected chi connectivity index (χ3v) is 2.45. The molecule has 1 atom stereocenters. The highest BCUT2D eigenvalue weighted by Crippen LogP contribution is 2.14. The quantitative estimate of drug-likeness (QED) is 0.792. The minimum absolute atomic E-state index is 0.00204. The van der Waals surface area contributed by atoms with Crippen molar-refractivity contribution in [3.63, 3.8) is 0 Å². The number of nitriles is 1. The van der Waals surface area contributed by atoms with E-state index in [4.69, 9.17) is 10.4 Å². The summed E-state index contributed by atoms with van der Waals surface area (Å²) in [6.07, 6.45) is 1.42. The summed E-state index contributed by atoms with van der Waals surface area (Å²) in [6, 6.07) is 3.49. The first-order valence-corrected chi connectivity index (χ1v) is 5.24. The van der Waals surface area contributed by atoms with Crippen LogP contribution in [-0.4, -0.2) is 27.8 Å². The Morgan fingerprint density at radius 2 is 2.35 bits per heavy atom. The van der Waals surface area contributed by atoms with Crippen molar-refractivity contribution in [2.45, 2.75) is 13.8 Å². The number of carboxylic acid groups (broad SMARTS) is 1. The number of anilines is 1. The van der Waals surface area contributed by atoms with Crippen LogP contribution < -0.4 is 5.32 Å². The van der Waals surface area contributed by atoms with E-state index < -0.39 is 11.9 Å². The summed E-state index contributed by atoms with van der Waals surface area (Å²) in [4.78, 5) is 11.0. The van der Waals surface area contributed by atoms with E-state index in [-0.39, 0.29) is 12.5 Å². The van der Waals surface area contributed by atoms with Gasteiger partial charge in [0.1, 0.15) is 6.07 Å². The number of rotatable bonds is 5. The summed E-state index contributed by atoms with van der Waals surface area (Å²) in [5.41, 5.74) is 0.355. The van der Waals surface area contributed by atoms with Crippen LogP contribution in [0.3, 0.4) is 0 Å². The van der Waals surface area contributed by atoms with Crippen molar-refractivity contribution >= 4 is 11.8 Å². The smallest absolute Gasteiger partial charge is 0.308 e. The Bertz CT molecular complexity index is 439. The molecular weight excluding hydrogens is 220 g/mol. The standard InChI is InChI=1S/C11H14N4O2/c1-7(2)9(11(16)17)6-13-10-8(5-12)3-4-14-15-10/h3-4,7,9H,6H2,1-2H3,(H,13,15)(H,16,17). The zero-order valence-corrected chi connectivity index (χ0v) is 9.71. The Morgan fingerprint density at radius 3 is 2.88 bits per heavy atom. The van der Waals surface area contributed by atoms with Crippen LogP contribution >= 0.6 is 0 Å². The van der Waals surface area contributed by atoms with E-state index in [1.165, 1.54) is 12.3 Å². The Morgan fingerprint density at radius 1 is 1.65 bits per heavy atom. The predicted octanol–water partition coefficient (Wildman–Crippen LogP) is 1.12. The minimum Gasteiger partial charge on any atom is -0.481 e. The molecule has 0 aliphatic heterocycles. The molecule has 0 saturated heterocycles. The number of aromatic nitrogens is 2. The first-order chi connectivity index (χ1) is 8.06. The molecule has 0 amide bonds. The lowest BCUT2D eigenvalue weighted by molar-refractivity contribution is -0.142. The number of carbonyl (C=O) groups is 1. The van der Waals surface area contributed by atoms with Crippen molar-refractivity contribution in [2.75, 3.05) is 11.9 Å². The Kier molecular flexibility index (Phi) is 4.40. The van der Waals surface area contributed by atoms with Crippen LogP contribution in [0.2, 0.25) is 0 Å². The summed E-state index contributed by atoms with van der Waals surface area (Å²) in [5.74, 6) is -1.07. The second kappa shape index (κ2) is 5.80. The molecular formula is C11H14N4O2. The van der Waals surface area contributed by atoms with Gasteiger partial charge >= 0.3 is 5.97 Å². The SMILES string of the molecule is CC(C)C(CNc1nnccc1C#N)C(=O)O. The van der Waals surface area contributed by atoms with Crippen LogP contribution in [0, 0.1) is 23.2 Å². The molecule has 90 valence electrons. The fourth-order valence-electron chi connectivity index (χ4n) is 1.37. The lowest BCUT2D eigenvalue weighted by atomic mass is 9.96. The maximum Gasteiger partial charge on any atom is 0.308 e. The summed E-state index contributed by atoms with van der Waals surface area (Å²) in [6.45, 7) is 3.89. The molecule has 0 spiro atoms. The number of hydrogen-bond acceptors (Lipinski definition) is 5. The average Bonchev–Trinajstić information content (AvgIpc) is 2.29. The highest BCUT2D eigenvalue weighted by atomic mass is 16.4. The fourth-order valence-corrected chi connectivity index (χ4v) is 1.37. The monoisotopic (exact) mass is 234 g/mol. The molecule has 0 fully saturated rings. The van der Waals surface area contributed by atoms with E-state index in [1.807, 2.05) is 19.9 Å². The van der Waals surface area contributed by atoms with E-state index in [1.54, 1.807) is 0 Å².